The monoisotopic (exact) mass is 572 g/mol. The predicted molar refractivity (Wildman–Crippen MR) is 128 cm³/mol. The minimum absolute atomic E-state index is 0.0555. The lowest BCUT2D eigenvalue weighted by atomic mass is 9.97. The van der Waals surface area contributed by atoms with E-state index in [0.717, 1.165) is 18.2 Å². The van der Waals surface area contributed by atoms with Crippen molar-refractivity contribution in [3.8, 4) is 0 Å². The maximum Gasteiger partial charge on any atom is 0.399 e. The Bertz CT molecular complexity index is 1070. The van der Waals surface area contributed by atoms with Crippen molar-refractivity contribution in [1.82, 2.24) is 10.6 Å². The maximum absolute atomic E-state index is 13.7. The van der Waals surface area contributed by atoms with Gasteiger partial charge >= 0.3 is 6.18 Å². The summed E-state index contributed by atoms with van der Waals surface area (Å²) in [6.07, 6.45) is -5.30. The third kappa shape index (κ3) is 8.62. The fourth-order valence-electron chi connectivity index (χ4n) is 3.01. The van der Waals surface area contributed by atoms with Gasteiger partial charge in [0, 0.05) is 12.7 Å². The van der Waals surface area contributed by atoms with E-state index in [1.807, 2.05) is 5.32 Å². The Hall–Kier alpha value is -2.40. The average molecular weight is 574 g/mol. The number of halogens is 8. The van der Waals surface area contributed by atoms with Crippen LogP contribution in [0.15, 0.2) is 42.5 Å². The molecule has 0 radical (unpaired) electrons. The van der Waals surface area contributed by atoms with Crippen molar-refractivity contribution in [2.45, 2.75) is 24.6 Å². The highest BCUT2D eigenvalue weighted by Gasteiger charge is 2.39. The molecule has 2 amide bonds. The number of carbonyl (C=O) groups excluding carboxylic acids is 2. The largest absolute Gasteiger partial charge is 0.399 e. The molecule has 2 N–H and O–H groups in total. The highest BCUT2D eigenvalue weighted by molar-refractivity contribution is 6.48. The van der Waals surface area contributed by atoms with Crippen molar-refractivity contribution in [1.29, 1.82) is 0 Å². The smallest absolute Gasteiger partial charge is 0.382 e. The fraction of sp³-hybridized carbons (Fsp3) is 0.304. The van der Waals surface area contributed by atoms with E-state index in [2.05, 4.69) is 5.32 Å². The molecular formula is C23H20Cl3F5N2O3. The molecule has 0 aliphatic carbocycles. The summed E-state index contributed by atoms with van der Waals surface area (Å²) >= 11 is 17.6. The SMILES string of the molecule is COCC(NC(=O)c1ccc(/C=C/C(c2cc(Cl)c(Cl)c(Cl)c2)C(F)(F)F)cc1)C(=O)NCC(F)F. The number of rotatable bonds is 10. The minimum atomic E-state index is -4.65. The van der Waals surface area contributed by atoms with Crippen LogP contribution in [-0.2, 0) is 9.53 Å². The highest BCUT2D eigenvalue weighted by Crippen LogP contribution is 2.41. The first-order valence-electron chi connectivity index (χ1n) is 10.2. The first-order valence-corrected chi connectivity index (χ1v) is 11.3. The second kappa shape index (κ2) is 13.2. The minimum Gasteiger partial charge on any atom is -0.382 e. The summed E-state index contributed by atoms with van der Waals surface area (Å²) in [4.78, 5) is 24.5. The normalized spacial score (nSPS) is 13.6. The first kappa shape index (κ1) is 29.8. The molecule has 0 aromatic heterocycles. The zero-order chi connectivity index (χ0) is 27.0. The Kier molecular flexibility index (Phi) is 11.0. The molecule has 0 saturated heterocycles. The Morgan fingerprint density at radius 3 is 2.14 bits per heavy atom. The van der Waals surface area contributed by atoms with E-state index in [1.54, 1.807) is 0 Å². The van der Waals surface area contributed by atoms with Crippen LogP contribution in [0, 0.1) is 0 Å². The number of benzene rings is 2. The summed E-state index contributed by atoms with van der Waals surface area (Å²) in [5.74, 6) is -3.60. The van der Waals surface area contributed by atoms with Crippen molar-refractivity contribution < 1.29 is 36.3 Å². The molecule has 0 bridgehead atoms. The van der Waals surface area contributed by atoms with Crippen LogP contribution in [0.25, 0.3) is 6.08 Å². The lowest BCUT2D eigenvalue weighted by Gasteiger charge is -2.18. The van der Waals surface area contributed by atoms with Gasteiger partial charge in [0.15, 0.2) is 0 Å². The van der Waals surface area contributed by atoms with Gasteiger partial charge in [-0.15, -0.1) is 0 Å². The zero-order valence-corrected chi connectivity index (χ0v) is 20.8. The number of ether oxygens (including phenoxy) is 1. The van der Waals surface area contributed by atoms with Gasteiger partial charge in [0.25, 0.3) is 12.3 Å². The number of hydrogen-bond donors (Lipinski definition) is 2. The Labute approximate surface area is 218 Å². The lowest BCUT2D eigenvalue weighted by molar-refractivity contribution is -0.139. The molecule has 196 valence electrons. The second-order valence-corrected chi connectivity index (χ2v) is 8.61. The molecule has 2 rings (SSSR count). The molecular weight excluding hydrogens is 554 g/mol. The summed E-state index contributed by atoms with van der Waals surface area (Å²) in [5, 5.41) is 4.05. The van der Waals surface area contributed by atoms with Gasteiger partial charge in [0.05, 0.1) is 34.1 Å². The van der Waals surface area contributed by atoms with Gasteiger partial charge in [-0.1, -0.05) is 59.1 Å². The first-order chi connectivity index (χ1) is 16.8. The number of amides is 2. The molecule has 0 aliphatic rings. The lowest BCUT2D eigenvalue weighted by Crippen LogP contribution is -2.50. The molecule has 0 saturated carbocycles. The van der Waals surface area contributed by atoms with Gasteiger partial charge in [-0.2, -0.15) is 13.2 Å². The van der Waals surface area contributed by atoms with Crippen molar-refractivity contribution >= 4 is 52.7 Å². The Morgan fingerprint density at radius 2 is 1.64 bits per heavy atom. The number of carbonyl (C=O) groups is 2. The van der Waals surface area contributed by atoms with Crippen LogP contribution in [0.1, 0.15) is 27.4 Å². The molecule has 0 spiro atoms. The average Bonchev–Trinajstić information content (AvgIpc) is 2.80. The standard InChI is InChI=1S/C23H20Cl3F5N2O3/c1-36-11-18(22(35)32-10-19(27)28)33-21(34)13-5-2-12(3-6-13)4-7-15(23(29,30)31)14-8-16(24)20(26)17(25)9-14/h2-9,15,18-19H,10-11H2,1H3,(H,32,35)(H,33,34)/b7-4+. The summed E-state index contributed by atoms with van der Waals surface area (Å²) in [6.45, 7) is -1.15. The van der Waals surface area contributed by atoms with E-state index in [0.29, 0.717) is 5.56 Å². The van der Waals surface area contributed by atoms with E-state index in [4.69, 9.17) is 39.5 Å². The van der Waals surface area contributed by atoms with Crippen LogP contribution in [0.2, 0.25) is 15.1 Å². The van der Waals surface area contributed by atoms with Gasteiger partial charge in [-0.25, -0.2) is 8.78 Å². The van der Waals surface area contributed by atoms with Gasteiger partial charge < -0.3 is 15.4 Å². The quantitative estimate of drug-likeness (QED) is 0.265. The Balaban J connectivity index is 2.17. The van der Waals surface area contributed by atoms with Gasteiger partial charge in [-0.3, -0.25) is 9.59 Å². The molecule has 0 heterocycles. The van der Waals surface area contributed by atoms with Crippen molar-refractivity contribution in [2.75, 3.05) is 20.3 Å². The van der Waals surface area contributed by atoms with Crippen LogP contribution in [0.3, 0.4) is 0 Å². The van der Waals surface area contributed by atoms with E-state index in [1.165, 1.54) is 37.5 Å². The van der Waals surface area contributed by atoms with Gasteiger partial charge in [0.2, 0.25) is 5.91 Å². The molecule has 2 unspecified atom stereocenters. The molecule has 36 heavy (non-hydrogen) atoms. The number of methoxy groups -OCH3 is 1. The van der Waals surface area contributed by atoms with Crippen molar-refractivity contribution in [3.05, 3.63) is 74.2 Å². The molecule has 2 aromatic carbocycles. The molecule has 2 atom stereocenters. The topological polar surface area (TPSA) is 67.4 Å². The molecule has 2 aromatic rings. The highest BCUT2D eigenvalue weighted by atomic mass is 35.5. The zero-order valence-electron chi connectivity index (χ0n) is 18.5. The molecule has 0 fully saturated rings. The third-order valence-corrected chi connectivity index (χ3v) is 5.95. The van der Waals surface area contributed by atoms with Crippen molar-refractivity contribution in [2.24, 2.45) is 0 Å². The van der Waals surface area contributed by atoms with Crippen LogP contribution < -0.4 is 10.6 Å². The van der Waals surface area contributed by atoms with Crippen LogP contribution in [0.5, 0.6) is 0 Å². The number of alkyl halides is 5. The molecule has 13 heteroatoms. The predicted octanol–water partition coefficient (Wildman–Crippen LogP) is 6.13. The maximum atomic E-state index is 13.7. The summed E-state index contributed by atoms with van der Waals surface area (Å²) in [6, 6.07) is 6.37. The van der Waals surface area contributed by atoms with Crippen LogP contribution in [-0.4, -0.2) is 50.7 Å². The molecule has 5 nitrogen and oxygen atoms in total. The third-order valence-electron chi connectivity index (χ3n) is 4.76. The van der Waals surface area contributed by atoms with Crippen molar-refractivity contribution in [3.63, 3.8) is 0 Å². The van der Waals surface area contributed by atoms with E-state index in [9.17, 15) is 31.5 Å². The van der Waals surface area contributed by atoms with Crippen LogP contribution in [0.4, 0.5) is 22.0 Å². The summed E-state index contributed by atoms with van der Waals surface area (Å²) in [7, 11) is 1.26. The number of nitrogens with one attached hydrogen (secondary N) is 2. The van der Waals surface area contributed by atoms with Crippen LogP contribution >= 0.6 is 34.8 Å². The fourth-order valence-corrected chi connectivity index (χ4v) is 3.62. The summed E-state index contributed by atoms with van der Waals surface area (Å²) < 4.78 is 70.5. The van der Waals surface area contributed by atoms with E-state index in [-0.39, 0.29) is 32.8 Å². The number of hydrogen-bond acceptors (Lipinski definition) is 3. The number of allylic oxidation sites excluding steroid dienone is 1. The van der Waals surface area contributed by atoms with Gasteiger partial charge in [0.1, 0.15) is 6.04 Å². The second-order valence-electron chi connectivity index (χ2n) is 7.42. The van der Waals surface area contributed by atoms with E-state index >= 15 is 0 Å². The van der Waals surface area contributed by atoms with E-state index < -0.39 is 42.9 Å². The summed E-state index contributed by atoms with van der Waals surface area (Å²) in [5.41, 5.74) is 0.220. The van der Waals surface area contributed by atoms with Gasteiger partial charge in [-0.05, 0) is 35.4 Å². The Morgan fingerprint density at radius 1 is 1.06 bits per heavy atom. The molecule has 0 aliphatic heterocycles.